The number of ether oxygens (including phenoxy) is 1. The maximum Gasteiger partial charge on any atom is 0.391 e. The topological polar surface area (TPSA) is 50.4 Å². The van der Waals surface area contributed by atoms with E-state index < -0.39 is 18.0 Å². The number of nitrogens with one attached hydrogen (secondary N) is 2. The van der Waals surface area contributed by atoms with Gasteiger partial charge in [0.2, 0.25) is 5.91 Å². The van der Waals surface area contributed by atoms with Crippen molar-refractivity contribution in [1.82, 2.24) is 10.6 Å². The number of carbonyl (C=O) groups is 1. The Morgan fingerprint density at radius 3 is 2.61 bits per heavy atom. The Labute approximate surface area is 135 Å². The molecule has 1 amide bonds. The predicted molar refractivity (Wildman–Crippen MR) is 80.9 cm³/mol. The minimum atomic E-state index is -4.19. The predicted octanol–water partition coefficient (Wildman–Crippen LogP) is 2.49. The van der Waals surface area contributed by atoms with Crippen LogP contribution in [0.5, 0.6) is 0 Å². The van der Waals surface area contributed by atoms with E-state index in [0.29, 0.717) is 26.0 Å². The van der Waals surface area contributed by atoms with Gasteiger partial charge in [0.25, 0.3) is 0 Å². The van der Waals surface area contributed by atoms with Crippen LogP contribution in [-0.2, 0) is 9.53 Å². The highest BCUT2D eigenvalue weighted by Gasteiger charge is 2.43. The number of hydrogen-bond acceptors (Lipinski definition) is 3. The molecule has 7 heteroatoms. The van der Waals surface area contributed by atoms with Gasteiger partial charge < -0.3 is 15.4 Å². The van der Waals surface area contributed by atoms with Gasteiger partial charge in [-0.1, -0.05) is 6.42 Å². The quantitative estimate of drug-likeness (QED) is 0.811. The number of halogens is 3. The second kappa shape index (κ2) is 7.83. The molecule has 1 saturated heterocycles. The van der Waals surface area contributed by atoms with E-state index in [1.54, 1.807) is 7.11 Å². The summed E-state index contributed by atoms with van der Waals surface area (Å²) in [5, 5.41) is 6.18. The van der Waals surface area contributed by atoms with E-state index in [0.717, 1.165) is 25.9 Å². The molecule has 0 bridgehead atoms. The molecule has 2 fully saturated rings. The Kier molecular flexibility index (Phi) is 6.31. The molecule has 1 aliphatic carbocycles. The van der Waals surface area contributed by atoms with Crippen molar-refractivity contribution in [3.05, 3.63) is 0 Å². The number of methoxy groups -OCH3 is 1. The van der Waals surface area contributed by atoms with Crippen molar-refractivity contribution in [2.24, 2.45) is 17.3 Å². The molecule has 2 aliphatic rings. The number of carbonyl (C=O) groups excluding carboxylic acids is 1. The van der Waals surface area contributed by atoms with E-state index >= 15 is 0 Å². The van der Waals surface area contributed by atoms with Crippen LogP contribution in [-0.4, -0.2) is 45.4 Å². The minimum absolute atomic E-state index is 0.0752. The van der Waals surface area contributed by atoms with E-state index in [9.17, 15) is 18.0 Å². The molecule has 1 saturated carbocycles. The fourth-order valence-electron chi connectivity index (χ4n) is 3.78. The molecule has 2 unspecified atom stereocenters. The van der Waals surface area contributed by atoms with Crippen LogP contribution in [0.3, 0.4) is 0 Å². The Morgan fingerprint density at radius 1 is 1.30 bits per heavy atom. The average molecular weight is 336 g/mol. The van der Waals surface area contributed by atoms with Gasteiger partial charge in [0, 0.05) is 25.0 Å². The van der Waals surface area contributed by atoms with Crippen molar-refractivity contribution >= 4 is 5.91 Å². The lowest BCUT2D eigenvalue weighted by atomic mass is 9.78. The Bertz CT molecular complexity index is 390. The van der Waals surface area contributed by atoms with Crippen molar-refractivity contribution in [1.29, 1.82) is 0 Å². The van der Waals surface area contributed by atoms with E-state index in [2.05, 4.69) is 10.6 Å². The van der Waals surface area contributed by atoms with Crippen LogP contribution in [0.1, 0.15) is 38.5 Å². The smallest absolute Gasteiger partial charge is 0.384 e. The first-order valence-corrected chi connectivity index (χ1v) is 8.40. The summed E-state index contributed by atoms with van der Waals surface area (Å²) in [4.78, 5) is 12.3. The molecule has 0 aromatic rings. The highest BCUT2D eigenvalue weighted by atomic mass is 19.4. The lowest BCUT2D eigenvalue weighted by molar-refractivity contribution is -0.186. The van der Waals surface area contributed by atoms with Gasteiger partial charge in [-0.15, -0.1) is 0 Å². The Balaban J connectivity index is 1.88. The third kappa shape index (κ3) is 5.08. The molecule has 1 heterocycles. The molecule has 1 aliphatic heterocycles. The number of alkyl halides is 3. The SMILES string of the molecule is COCC1(CNC(=O)C2CCCC(C(F)(F)F)C2)CCNCC1. The molecule has 4 nitrogen and oxygen atoms in total. The lowest BCUT2D eigenvalue weighted by Gasteiger charge is -2.38. The molecule has 2 N–H and O–H groups in total. The van der Waals surface area contributed by atoms with Gasteiger partial charge in [-0.2, -0.15) is 13.2 Å². The van der Waals surface area contributed by atoms with Gasteiger partial charge in [-0.25, -0.2) is 0 Å². The average Bonchev–Trinajstić information content (AvgIpc) is 2.53. The van der Waals surface area contributed by atoms with E-state index in [1.807, 2.05) is 0 Å². The van der Waals surface area contributed by atoms with Crippen LogP contribution >= 0.6 is 0 Å². The van der Waals surface area contributed by atoms with Crippen molar-refractivity contribution in [3.8, 4) is 0 Å². The highest BCUT2D eigenvalue weighted by Crippen LogP contribution is 2.40. The van der Waals surface area contributed by atoms with E-state index in [1.165, 1.54) is 0 Å². The van der Waals surface area contributed by atoms with Gasteiger partial charge in [0.05, 0.1) is 12.5 Å². The van der Waals surface area contributed by atoms with Crippen LogP contribution in [0.15, 0.2) is 0 Å². The van der Waals surface area contributed by atoms with Crippen molar-refractivity contribution in [2.45, 2.75) is 44.7 Å². The number of amides is 1. The molecule has 0 aromatic carbocycles. The maximum absolute atomic E-state index is 12.9. The van der Waals surface area contributed by atoms with E-state index in [-0.39, 0.29) is 24.2 Å². The summed E-state index contributed by atoms with van der Waals surface area (Å²) in [7, 11) is 1.64. The third-order valence-corrected chi connectivity index (χ3v) is 5.26. The highest BCUT2D eigenvalue weighted by molar-refractivity contribution is 5.78. The Morgan fingerprint density at radius 2 is 2.00 bits per heavy atom. The van der Waals surface area contributed by atoms with Crippen molar-refractivity contribution < 1.29 is 22.7 Å². The summed E-state index contributed by atoms with van der Waals surface area (Å²) >= 11 is 0. The normalized spacial score (nSPS) is 28.3. The van der Waals surface area contributed by atoms with Gasteiger partial charge in [-0.3, -0.25) is 4.79 Å². The molecule has 2 atom stereocenters. The second-order valence-corrected chi connectivity index (χ2v) is 7.00. The van der Waals surface area contributed by atoms with Gasteiger partial charge in [0.1, 0.15) is 0 Å². The monoisotopic (exact) mass is 336 g/mol. The summed E-state index contributed by atoms with van der Waals surface area (Å²) in [5.41, 5.74) is -0.103. The molecule has 0 radical (unpaired) electrons. The fourth-order valence-corrected chi connectivity index (χ4v) is 3.78. The largest absolute Gasteiger partial charge is 0.391 e. The van der Waals surface area contributed by atoms with Crippen LogP contribution < -0.4 is 10.6 Å². The summed E-state index contributed by atoms with van der Waals surface area (Å²) in [5.74, 6) is -2.08. The second-order valence-electron chi connectivity index (χ2n) is 7.00. The van der Waals surface area contributed by atoms with Crippen LogP contribution in [0, 0.1) is 17.3 Å². The molecule has 0 aromatic heterocycles. The standard InChI is InChI=1S/C16H27F3N2O2/c1-23-11-15(5-7-20-8-6-15)10-21-14(22)12-3-2-4-13(9-12)16(17,18)19/h12-13,20H,2-11H2,1H3,(H,21,22). The lowest BCUT2D eigenvalue weighted by Crippen LogP contribution is -2.48. The van der Waals surface area contributed by atoms with Gasteiger partial charge in [0.15, 0.2) is 0 Å². The zero-order valence-corrected chi connectivity index (χ0v) is 13.7. The number of rotatable bonds is 5. The first-order chi connectivity index (χ1) is 10.9. The number of hydrogen-bond donors (Lipinski definition) is 2. The minimum Gasteiger partial charge on any atom is -0.384 e. The maximum atomic E-state index is 12.9. The van der Waals surface area contributed by atoms with Gasteiger partial charge in [-0.05, 0) is 45.2 Å². The zero-order valence-electron chi connectivity index (χ0n) is 13.7. The molecule has 23 heavy (non-hydrogen) atoms. The van der Waals surface area contributed by atoms with Crippen molar-refractivity contribution in [2.75, 3.05) is 33.4 Å². The van der Waals surface area contributed by atoms with Crippen molar-refractivity contribution in [3.63, 3.8) is 0 Å². The molecule has 134 valence electrons. The summed E-state index contributed by atoms with van der Waals surface area (Å²) < 4.78 is 43.9. The molecular formula is C16H27F3N2O2. The zero-order chi connectivity index (χ0) is 16.9. The number of piperidine rings is 1. The summed E-state index contributed by atoms with van der Waals surface area (Å²) in [6.07, 6.45) is -1.30. The fraction of sp³-hybridized carbons (Fsp3) is 0.938. The third-order valence-electron chi connectivity index (χ3n) is 5.26. The molecule has 0 spiro atoms. The van der Waals surface area contributed by atoms with E-state index in [4.69, 9.17) is 4.74 Å². The summed E-state index contributed by atoms with van der Waals surface area (Å²) in [6, 6.07) is 0. The molecular weight excluding hydrogens is 309 g/mol. The van der Waals surface area contributed by atoms with Crippen LogP contribution in [0.25, 0.3) is 0 Å². The van der Waals surface area contributed by atoms with Gasteiger partial charge >= 0.3 is 6.18 Å². The first-order valence-electron chi connectivity index (χ1n) is 8.40. The van der Waals surface area contributed by atoms with Crippen LogP contribution in [0.2, 0.25) is 0 Å². The summed E-state index contributed by atoms with van der Waals surface area (Å²) in [6.45, 7) is 2.79. The molecule has 2 rings (SSSR count). The van der Waals surface area contributed by atoms with Crippen LogP contribution in [0.4, 0.5) is 13.2 Å². The Hall–Kier alpha value is -0.820. The first kappa shape index (κ1) is 18.5.